The second-order valence-corrected chi connectivity index (χ2v) is 4.50. The summed E-state index contributed by atoms with van der Waals surface area (Å²) in [6.07, 6.45) is 0. The van der Waals surface area contributed by atoms with Crippen LogP contribution in [-0.2, 0) is 0 Å². The molecule has 0 radical (unpaired) electrons. The summed E-state index contributed by atoms with van der Waals surface area (Å²) >= 11 is 0. The molecule has 94 valence electrons. The number of ether oxygens (including phenoxy) is 2. The summed E-state index contributed by atoms with van der Waals surface area (Å²) in [6.45, 7) is 4.35. The molecule has 0 N–H and O–H groups in total. The summed E-state index contributed by atoms with van der Waals surface area (Å²) in [7, 11) is 1.65. The summed E-state index contributed by atoms with van der Waals surface area (Å²) in [5.74, 6) is 3.02. The maximum Gasteiger partial charge on any atom is 0.127 e. The van der Waals surface area contributed by atoms with E-state index in [1.54, 1.807) is 7.11 Å². The van der Waals surface area contributed by atoms with Crippen LogP contribution in [0.3, 0.4) is 0 Å². The number of hydrogen-bond donors (Lipinski definition) is 0. The van der Waals surface area contributed by atoms with Crippen LogP contribution in [0.1, 0.15) is 25.3 Å². The molecule has 0 aromatic heterocycles. The zero-order valence-corrected chi connectivity index (χ0v) is 11.0. The fraction of sp³-hybridized carbons (Fsp3) is 0.250. The number of benzene rings is 2. The zero-order valence-electron chi connectivity index (χ0n) is 11.0. The van der Waals surface area contributed by atoms with Crippen LogP contribution in [0, 0.1) is 0 Å². The Morgan fingerprint density at radius 3 is 2.11 bits per heavy atom. The average Bonchev–Trinajstić information content (AvgIpc) is 2.40. The predicted octanol–water partition coefficient (Wildman–Crippen LogP) is 4.61. The zero-order chi connectivity index (χ0) is 13.0. The van der Waals surface area contributed by atoms with Crippen LogP contribution in [0.25, 0.3) is 0 Å². The lowest BCUT2D eigenvalue weighted by Crippen LogP contribution is -1.89. The first-order valence-corrected chi connectivity index (χ1v) is 6.11. The first-order chi connectivity index (χ1) is 8.69. The molecule has 2 aromatic carbocycles. The SMILES string of the molecule is COc1ccc(Oc2cccc(C(C)C)c2)cc1. The minimum atomic E-state index is 0.504. The molecule has 2 aromatic rings. The van der Waals surface area contributed by atoms with E-state index < -0.39 is 0 Å². The lowest BCUT2D eigenvalue weighted by Gasteiger charge is -2.10. The maximum absolute atomic E-state index is 5.81. The molecule has 0 bridgehead atoms. The Bertz CT molecular complexity index is 501. The Hall–Kier alpha value is -1.96. The van der Waals surface area contributed by atoms with Crippen molar-refractivity contribution in [1.82, 2.24) is 0 Å². The van der Waals surface area contributed by atoms with Gasteiger partial charge in [-0.1, -0.05) is 26.0 Å². The van der Waals surface area contributed by atoms with Gasteiger partial charge in [-0.25, -0.2) is 0 Å². The van der Waals surface area contributed by atoms with E-state index in [1.807, 2.05) is 36.4 Å². The van der Waals surface area contributed by atoms with Gasteiger partial charge < -0.3 is 9.47 Å². The van der Waals surface area contributed by atoms with Crippen LogP contribution in [-0.4, -0.2) is 7.11 Å². The van der Waals surface area contributed by atoms with E-state index >= 15 is 0 Å². The molecule has 0 saturated heterocycles. The molecule has 0 aliphatic rings. The van der Waals surface area contributed by atoms with Crippen molar-refractivity contribution in [2.75, 3.05) is 7.11 Å². The van der Waals surface area contributed by atoms with Gasteiger partial charge in [0.15, 0.2) is 0 Å². The third-order valence-corrected chi connectivity index (χ3v) is 2.82. The third-order valence-electron chi connectivity index (χ3n) is 2.82. The summed E-state index contributed by atoms with van der Waals surface area (Å²) in [5, 5.41) is 0. The number of methoxy groups -OCH3 is 1. The Labute approximate surface area is 108 Å². The summed E-state index contributed by atoms with van der Waals surface area (Å²) in [4.78, 5) is 0. The second-order valence-electron chi connectivity index (χ2n) is 4.50. The van der Waals surface area contributed by atoms with Crippen molar-refractivity contribution in [2.24, 2.45) is 0 Å². The van der Waals surface area contributed by atoms with Gasteiger partial charge in [-0.15, -0.1) is 0 Å². The lowest BCUT2D eigenvalue weighted by molar-refractivity contribution is 0.413. The highest BCUT2D eigenvalue weighted by atomic mass is 16.5. The van der Waals surface area contributed by atoms with Crippen LogP contribution in [0.5, 0.6) is 17.2 Å². The molecular weight excluding hydrogens is 224 g/mol. The van der Waals surface area contributed by atoms with Crippen molar-refractivity contribution in [1.29, 1.82) is 0 Å². The van der Waals surface area contributed by atoms with Gasteiger partial charge in [0.2, 0.25) is 0 Å². The summed E-state index contributed by atoms with van der Waals surface area (Å²) in [6, 6.07) is 15.8. The van der Waals surface area contributed by atoms with E-state index in [9.17, 15) is 0 Å². The molecule has 0 aliphatic heterocycles. The average molecular weight is 242 g/mol. The van der Waals surface area contributed by atoms with Crippen LogP contribution in [0.4, 0.5) is 0 Å². The highest BCUT2D eigenvalue weighted by molar-refractivity contribution is 5.37. The molecule has 18 heavy (non-hydrogen) atoms. The van der Waals surface area contributed by atoms with Gasteiger partial charge in [0, 0.05) is 0 Å². The molecule has 2 heteroatoms. The van der Waals surface area contributed by atoms with Crippen molar-refractivity contribution in [2.45, 2.75) is 19.8 Å². The Balaban J connectivity index is 2.15. The van der Waals surface area contributed by atoms with Gasteiger partial charge in [0.25, 0.3) is 0 Å². The maximum atomic E-state index is 5.81. The fourth-order valence-electron chi connectivity index (χ4n) is 1.72. The highest BCUT2D eigenvalue weighted by Crippen LogP contribution is 2.26. The minimum Gasteiger partial charge on any atom is -0.497 e. The molecule has 2 rings (SSSR count). The van der Waals surface area contributed by atoms with Gasteiger partial charge in [-0.05, 0) is 47.9 Å². The quantitative estimate of drug-likeness (QED) is 0.779. The van der Waals surface area contributed by atoms with E-state index in [4.69, 9.17) is 9.47 Å². The number of rotatable bonds is 4. The molecule has 2 nitrogen and oxygen atoms in total. The standard InChI is InChI=1S/C16H18O2/c1-12(2)13-5-4-6-16(11-13)18-15-9-7-14(17-3)8-10-15/h4-12H,1-3H3. The smallest absolute Gasteiger partial charge is 0.127 e. The molecular formula is C16H18O2. The molecule has 0 unspecified atom stereocenters. The number of hydrogen-bond acceptors (Lipinski definition) is 2. The van der Waals surface area contributed by atoms with E-state index in [1.165, 1.54) is 5.56 Å². The first kappa shape index (κ1) is 12.5. The summed E-state index contributed by atoms with van der Waals surface area (Å²) in [5.41, 5.74) is 1.28. The topological polar surface area (TPSA) is 18.5 Å². The molecule has 0 amide bonds. The monoisotopic (exact) mass is 242 g/mol. The molecule has 0 atom stereocenters. The predicted molar refractivity (Wildman–Crippen MR) is 73.6 cm³/mol. The largest absolute Gasteiger partial charge is 0.497 e. The molecule has 0 spiro atoms. The van der Waals surface area contributed by atoms with Crippen LogP contribution in [0.2, 0.25) is 0 Å². The van der Waals surface area contributed by atoms with Crippen molar-refractivity contribution >= 4 is 0 Å². The third kappa shape index (κ3) is 3.04. The van der Waals surface area contributed by atoms with Gasteiger partial charge in [0.05, 0.1) is 7.11 Å². The minimum absolute atomic E-state index is 0.504. The first-order valence-electron chi connectivity index (χ1n) is 6.11. The molecule has 0 heterocycles. The highest BCUT2D eigenvalue weighted by Gasteiger charge is 2.02. The van der Waals surface area contributed by atoms with E-state index in [0.29, 0.717) is 5.92 Å². The Morgan fingerprint density at radius 1 is 0.833 bits per heavy atom. The lowest BCUT2D eigenvalue weighted by atomic mass is 10.0. The molecule has 0 fully saturated rings. The molecule has 0 aliphatic carbocycles. The van der Waals surface area contributed by atoms with E-state index in [2.05, 4.69) is 26.0 Å². The van der Waals surface area contributed by atoms with Crippen LogP contribution < -0.4 is 9.47 Å². The summed E-state index contributed by atoms with van der Waals surface area (Å²) < 4.78 is 10.9. The van der Waals surface area contributed by atoms with Gasteiger partial charge >= 0.3 is 0 Å². The van der Waals surface area contributed by atoms with Crippen LogP contribution in [0.15, 0.2) is 48.5 Å². The fourth-order valence-corrected chi connectivity index (χ4v) is 1.72. The van der Waals surface area contributed by atoms with Gasteiger partial charge in [-0.3, -0.25) is 0 Å². The van der Waals surface area contributed by atoms with Crippen molar-refractivity contribution in [3.8, 4) is 17.2 Å². The normalized spacial score (nSPS) is 10.4. The Kier molecular flexibility index (Phi) is 3.88. The van der Waals surface area contributed by atoms with Gasteiger partial charge in [-0.2, -0.15) is 0 Å². The van der Waals surface area contributed by atoms with Crippen molar-refractivity contribution in [3.05, 3.63) is 54.1 Å². The van der Waals surface area contributed by atoms with Gasteiger partial charge in [0.1, 0.15) is 17.2 Å². The van der Waals surface area contributed by atoms with Crippen molar-refractivity contribution in [3.63, 3.8) is 0 Å². The van der Waals surface area contributed by atoms with Crippen molar-refractivity contribution < 1.29 is 9.47 Å². The van der Waals surface area contributed by atoms with E-state index in [-0.39, 0.29) is 0 Å². The second kappa shape index (κ2) is 5.58. The Morgan fingerprint density at radius 2 is 1.50 bits per heavy atom. The molecule has 0 saturated carbocycles. The van der Waals surface area contributed by atoms with Crippen LogP contribution >= 0.6 is 0 Å². The van der Waals surface area contributed by atoms with E-state index in [0.717, 1.165) is 17.2 Å².